The highest BCUT2D eigenvalue weighted by Crippen LogP contribution is 2.36. The van der Waals surface area contributed by atoms with Crippen LogP contribution >= 0.6 is 0 Å². The van der Waals surface area contributed by atoms with Gasteiger partial charge in [0.2, 0.25) is 5.91 Å². The van der Waals surface area contributed by atoms with E-state index in [1.54, 1.807) is 0 Å². The molecule has 0 bridgehead atoms. The fourth-order valence-electron chi connectivity index (χ4n) is 4.23. The second-order valence-corrected chi connectivity index (χ2v) is 8.17. The summed E-state index contributed by atoms with van der Waals surface area (Å²) in [5.74, 6) is 1.90. The molecule has 2 heterocycles. The Labute approximate surface area is 167 Å². The average molecular weight is 382 g/mol. The van der Waals surface area contributed by atoms with Crippen molar-refractivity contribution in [1.82, 2.24) is 24.7 Å². The fourth-order valence-corrected chi connectivity index (χ4v) is 4.23. The zero-order valence-corrected chi connectivity index (χ0v) is 16.9. The number of carbonyl (C=O) groups is 1. The first-order chi connectivity index (χ1) is 13.6. The van der Waals surface area contributed by atoms with Crippen LogP contribution in [-0.2, 0) is 18.4 Å². The fraction of sp³-hybridized carbons (Fsp3) is 0.545. The second-order valence-electron chi connectivity index (χ2n) is 8.17. The van der Waals surface area contributed by atoms with Gasteiger partial charge in [-0.05, 0) is 31.2 Å². The third-order valence-corrected chi connectivity index (χ3v) is 6.16. The molecule has 1 aromatic heterocycles. The van der Waals surface area contributed by atoms with Gasteiger partial charge in [-0.1, -0.05) is 30.3 Å². The first-order valence-electron chi connectivity index (χ1n) is 10.4. The number of hydrogen-bond acceptors (Lipinski definition) is 4. The molecule has 6 heteroatoms. The maximum Gasteiger partial charge on any atom is 0.237 e. The topological polar surface area (TPSA) is 53.4 Å². The largest absolute Gasteiger partial charge is 0.337 e. The molecule has 2 atom stereocenters. The summed E-state index contributed by atoms with van der Waals surface area (Å²) in [5, 5.41) is 3.45. The van der Waals surface area contributed by atoms with Crippen LogP contribution in [0.15, 0.2) is 42.7 Å². The maximum atomic E-state index is 13.4. The van der Waals surface area contributed by atoms with Crippen molar-refractivity contribution in [2.24, 2.45) is 13.0 Å². The Bertz CT molecular complexity index is 785. The monoisotopic (exact) mass is 381 g/mol. The number of nitrogens with zero attached hydrogens (tertiary/aromatic N) is 4. The molecule has 1 aliphatic carbocycles. The lowest BCUT2D eigenvalue weighted by Gasteiger charge is -2.38. The van der Waals surface area contributed by atoms with Crippen molar-refractivity contribution in [3.8, 4) is 0 Å². The van der Waals surface area contributed by atoms with Crippen LogP contribution in [-0.4, -0.2) is 57.5 Å². The Morgan fingerprint density at radius 1 is 1.32 bits per heavy atom. The summed E-state index contributed by atoms with van der Waals surface area (Å²) >= 11 is 0. The van der Waals surface area contributed by atoms with Crippen molar-refractivity contribution in [1.29, 1.82) is 0 Å². The third-order valence-electron chi connectivity index (χ3n) is 6.16. The summed E-state index contributed by atoms with van der Waals surface area (Å²) in [7, 11) is 2.02. The van der Waals surface area contributed by atoms with Crippen molar-refractivity contribution in [3.05, 3.63) is 54.1 Å². The van der Waals surface area contributed by atoms with Crippen molar-refractivity contribution in [3.63, 3.8) is 0 Å². The van der Waals surface area contributed by atoms with Gasteiger partial charge in [0, 0.05) is 51.7 Å². The van der Waals surface area contributed by atoms with Crippen molar-refractivity contribution in [2.75, 3.05) is 26.2 Å². The minimum absolute atomic E-state index is 0.132. The minimum Gasteiger partial charge on any atom is -0.337 e. The average Bonchev–Trinajstić information content (AvgIpc) is 3.48. The van der Waals surface area contributed by atoms with Crippen LogP contribution in [0, 0.1) is 5.92 Å². The molecular weight excluding hydrogens is 350 g/mol. The molecule has 1 aliphatic heterocycles. The highest BCUT2D eigenvalue weighted by molar-refractivity contribution is 5.78. The molecule has 28 heavy (non-hydrogen) atoms. The zero-order chi connectivity index (χ0) is 19.5. The lowest BCUT2D eigenvalue weighted by molar-refractivity contribution is -0.136. The van der Waals surface area contributed by atoms with Crippen LogP contribution < -0.4 is 5.32 Å². The molecule has 1 aromatic carbocycles. The molecule has 4 rings (SSSR count). The van der Waals surface area contributed by atoms with E-state index in [-0.39, 0.29) is 11.9 Å². The van der Waals surface area contributed by atoms with Gasteiger partial charge in [0.25, 0.3) is 0 Å². The molecular formula is C22H31N5O. The summed E-state index contributed by atoms with van der Waals surface area (Å²) in [6.45, 7) is 5.95. The second kappa shape index (κ2) is 8.45. The van der Waals surface area contributed by atoms with Gasteiger partial charge in [-0.3, -0.25) is 9.69 Å². The molecule has 2 aliphatic rings. The van der Waals surface area contributed by atoms with Crippen LogP contribution in [0.4, 0.5) is 0 Å². The number of aromatic nitrogens is 2. The number of rotatable bonds is 7. The van der Waals surface area contributed by atoms with Gasteiger partial charge >= 0.3 is 0 Å². The predicted molar refractivity (Wildman–Crippen MR) is 110 cm³/mol. The van der Waals surface area contributed by atoms with Gasteiger partial charge in [0.15, 0.2) is 0 Å². The molecule has 1 N–H and O–H groups in total. The van der Waals surface area contributed by atoms with Gasteiger partial charge in [0.1, 0.15) is 5.82 Å². The van der Waals surface area contributed by atoms with E-state index in [0.717, 1.165) is 25.5 Å². The van der Waals surface area contributed by atoms with Crippen molar-refractivity contribution in [2.45, 2.75) is 38.4 Å². The number of piperazine rings is 1. The van der Waals surface area contributed by atoms with Crippen molar-refractivity contribution >= 4 is 5.91 Å². The maximum absolute atomic E-state index is 13.4. The predicted octanol–water partition coefficient (Wildman–Crippen LogP) is 2.19. The van der Waals surface area contributed by atoms with Gasteiger partial charge in [-0.15, -0.1) is 0 Å². The van der Waals surface area contributed by atoms with E-state index in [0.29, 0.717) is 25.0 Å². The van der Waals surface area contributed by atoms with E-state index < -0.39 is 0 Å². The molecule has 0 radical (unpaired) electrons. The van der Waals surface area contributed by atoms with E-state index in [1.165, 1.54) is 18.4 Å². The number of carbonyl (C=O) groups excluding carboxylic acids is 1. The van der Waals surface area contributed by atoms with Gasteiger partial charge < -0.3 is 14.8 Å². The minimum atomic E-state index is 0.132. The highest BCUT2D eigenvalue weighted by atomic mass is 16.2. The summed E-state index contributed by atoms with van der Waals surface area (Å²) < 4.78 is 2.06. The van der Waals surface area contributed by atoms with Crippen LogP contribution in [0.1, 0.15) is 37.2 Å². The molecule has 2 fully saturated rings. The highest BCUT2D eigenvalue weighted by Gasteiger charge is 2.36. The molecule has 6 nitrogen and oxygen atoms in total. The zero-order valence-electron chi connectivity index (χ0n) is 16.9. The van der Waals surface area contributed by atoms with Crippen molar-refractivity contribution < 1.29 is 4.79 Å². The smallest absolute Gasteiger partial charge is 0.237 e. The molecule has 1 saturated carbocycles. The lowest BCUT2D eigenvalue weighted by atomic mass is 10.1. The number of imidazole rings is 1. The number of aryl methyl sites for hydroxylation is 1. The molecule has 2 unspecified atom stereocenters. The number of benzene rings is 1. The van der Waals surface area contributed by atoms with E-state index in [2.05, 4.69) is 43.7 Å². The lowest BCUT2D eigenvalue weighted by Crippen LogP contribution is -2.52. The summed E-state index contributed by atoms with van der Waals surface area (Å²) in [6, 6.07) is 10.8. The standard InChI is InChI=1S/C22H31N5O/c1-17(19-8-9-19)27(15-18-6-4-3-5-7-18)21(28)16-26-13-10-23-14-20(26)22-24-11-12-25(22)2/h3-7,11-12,17,19-20,23H,8-10,13-16H2,1-2H3. The number of hydrogen-bond donors (Lipinski definition) is 1. The molecule has 150 valence electrons. The van der Waals surface area contributed by atoms with Gasteiger partial charge in [-0.2, -0.15) is 0 Å². The van der Waals surface area contributed by atoms with E-state index in [4.69, 9.17) is 0 Å². The summed E-state index contributed by atoms with van der Waals surface area (Å²) in [4.78, 5) is 22.4. The Kier molecular flexibility index (Phi) is 5.78. The molecule has 2 aromatic rings. The first kappa shape index (κ1) is 19.2. The van der Waals surface area contributed by atoms with E-state index in [1.807, 2.05) is 37.6 Å². The summed E-state index contributed by atoms with van der Waals surface area (Å²) in [5.41, 5.74) is 1.20. The van der Waals surface area contributed by atoms with Crippen LogP contribution in [0.3, 0.4) is 0 Å². The SMILES string of the molecule is CC(C1CC1)N(Cc1ccccc1)C(=O)CN1CCNCC1c1nccn1C. The van der Waals surface area contributed by atoms with Crippen LogP contribution in [0.25, 0.3) is 0 Å². The molecule has 0 spiro atoms. The van der Waals surface area contributed by atoms with Crippen LogP contribution in [0.2, 0.25) is 0 Å². The first-order valence-corrected chi connectivity index (χ1v) is 10.4. The van der Waals surface area contributed by atoms with E-state index >= 15 is 0 Å². The Hall–Kier alpha value is -2.18. The molecule has 1 saturated heterocycles. The Morgan fingerprint density at radius 2 is 2.11 bits per heavy atom. The van der Waals surface area contributed by atoms with Crippen LogP contribution in [0.5, 0.6) is 0 Å². The Balaban J connectivity index is 1.50. The van der Waals surface area contributed by atoms with Gasteiger partial charge in [0.05, 0.1) is 12.6 Å². The summed E-state index contributed by atoms with van der Waals surface area (Å²) in [6.07, 6.45) is 6.29. The Morgan fingerprint density at radius 3 is 2.79 bits per heavy atom. The quantitative estimate of drug-likeness (QED) is 0.799. The molecule has 1 amide bonds. The third kappa shape index (κ3) is 4.28. The number of amides is 1. The number of nitrogens with one attached hydrogen (secondary N) is 1. The normalized spacial score (nSPS) is 21.4. The van der Waals surface area contributed by atoms with E-state index in [9.17, 15) is 4.79 Å². The van der Waals surface area contributed by atoms with Gasteiger partial charge in [-0.25, -0.2) is 4.98 Å².